The summed E-state index contributed by atoms with van der Waals surface area (Å²) in [5.41, 5.74) is 6.66. The first kappa shape index (κ1) is 14.2. The Hall–Kier alpha value is -1.80. The van der Waals surface area contributed by atoms with E-state index in [0.717, 1.165) is 18.6 Å². The van der Waals surface area contributed by atoms with Crippen LogP contribution in [0.3, 0.4) is 0 Å². The zero-order valence-corrected chi connectivity index (χ0v) is 13.1. The number of benzene rings is 2. The van der Waals surface area contributed by atoms with E-state index >= 15 is 0 Å². The van der Waals surface area contributed by atoms with Crippen molar-refractivity contribution in [1.29, 1.82) is 0 Å². The molecule has 0 radical (unpaired) electrons. The highest BCUT2D eigenvalue weighted by molar-refractivity contribution is 5.45. The van der Waals surface area contributed by atoms with Crippen LogP contribution in [0, 0.1) is 13.8 Å². The zero-order valence-electron chi connectivity index (χ0n) is 13.1. The van der Waals surface area contributed by atoms with Crippen molar-refractivity contribution in [3.8, 4) is 5.75 Å². The topological polar surface area (TPSA) is 21.3 Å². The average molecular weight is 281 g/mol. The number of rotatable bonds is 4. The molecule has 0 saturated heterocycles. The van der Waals surface area contributed by atoms with Gasteiger partial charge >= 0.3 is 0 Å². The van der Waals surface area contributed by atoms with E-state index in [1.807, 2.05) is 7.05 Å². The minimum absolute atomic E-state index is 0.477. The summed E-state index contributed by atoms with van der Waals surface area (Å²) >= 11 is 0. The second-order valence-electron chi connectivity index (χ2n) is 5.91. The quantitative estimate of drug-likeness (QED) is 0.911. The molecule has 0 heterocycles. The number of fused-ring (bicyclic) bond motifs is 1. The van der Waals surface area contributed by atoms with Crippen LogP contribution in [-0.4, -0.2) is 7.05 Å². The minimum atomic E-state index is 0.477. The average Bonchev–Trinajstić information content (AvgIpc) is 2.92. The van der Waals surface area contributed by atoms with E-state index in [1.165, 1.54) is 27.8 Å². The van der Waals surface area contributed by atoms with Crippen LogP contribution < -0.4 is 10.1 Å². The predicted octanol–water partition coefficient (Wildman–Crippen LogP) is 4.09. The van der Waals surface area contributed by atoms with Gasteiger partial charge in [-0.25, -0.2) is 0 Å². The Balaban J connectivity index is 1.77. The van der Waals surface area contributed by atoms with E-state index in [0.29, 0.717) is 12.6 Å². The fourth-order valence-electron chi connectivity index (χ4n) is 3.11. The van der Waals surface area contributed by atoms with Gasteiger partial charge in [-0.1, -0.05) is 30.3 Å². The molecule has 0 aliphatic heterocycles. The highest BCUT2D eigenvalue weighted by atomic mass is 16.5. The lowest BCUT2D eigenvalue weighted by atomic mass is 10.1. The van der Waals surface area contributed by atoms with Gasteiger partial charge in [0.25, 0.3) is 0 Å². The lowest BCUT2D eigenvalue weighted by molar-refractivity contribution is 0.303. The lowest BCUT2D eigenvalue weighted by Crippen LogP contribution is -2.12. The number of hydrogen-bond acceptors (Lipinski definition) is 2. The van der Waals surface area contributed by atoms with Crippen molar-refractivity contribution in [3.05, 3.63) is 64.2 Å². The molecule has 1 atom stereocenters. The molecule has 1 unspecified atom stereocenters. The van der Waals surface area contributed by atoms with Gasteiger partial charge in [-0.3, -0.25) is 0 Å². The molecule has 0 fully saturated rings. The Morgan fingerprint density at radius 2 is 2.00 bits per heavy atom. The van der Waals surface area contributed by atoms with E-state index < -0.39 is 0 Å². The van der Waals surface area contributed by atoms with Gasteiger partial charge in [0.05, 0.1) is 0 Å². The maximum atomic E-state index is 6.09. The normalized spacial score (nSPS) is 16.8. The van der Waals surface area contributed by atoms with E-state index in [9.17, 15) is 0 Å². The van der Waals surface area contributed by atoms with Crippen LogP contribution in [0.4, 0.5) is 0 Å². The first-order valence-electron chi connectivity index (χ1n) is 7.67. The molecule has 1 aliphatic rings. The van der Waals surface area contributed by atoms with Gasteiger partial charge in [0.2, 0.25) is 0 Å². The highest BCUT2D eigenvalue weighted by Crippen LogP contribution is 2.36. The molecule has 0 aromatic heterocycles. The third kappa shape index (κ3) is 2.81. The SMILES string of the molecule is CNC1CCc2c(OCc3ccc(C)c(C)c3)cccc21. The fraction of sp³-hybridized carbons (Fsp3) is 0.368. The standard InChI is InChI=1S/C19H23NO/c1-13-7-8-15(11-14(13)2)12-21-19-6-4-5-16-17(19)9-10-18(16)20-3/h4-8,11,18,20H,9-10,12H2,1-3H3. The van der Waals surface area contributed by atoms with Crippen LogP contribution >= 0.6 is 0 Å². The smallest absolute Gasteiger partial charge is 0.123 e. The molecule has 21 heavy (non-hydrogen) atoms. The van der Waals surface area contributed by atoms with Crippen molar-refractivity contribution in [2.24, 2.45) is 0 Å². The summed E-state index contributed by atoms with van der Waals surface area (Å²) in [5, 5.41) is 3.38. The maximum Gasteiger partial charge on any atom is 0.123 e. The Labute approximate surface area is 127 Å². The summed E-state index contributed by atoms with van der Waals surface area (Å²) in [6, 6.07) is 13.4. The van der Waals surface area contributed by atoms with E-state index in [1.54, 1.807) is 0 Å². The van der Waals surface area contributed by atoms with Crippen LogP contribution in [0.1, 0.15) is 40.3 Å². The van der Waals surface area contributed by atoms with Gasteiger partial charge in [-0.05, 0) is 67.6 Å². The number of hydrogen-bond donors (Lipinski definition) is 1. The van der Waals surface area contributed by atoms with E-state index in [4.69, 9.17) is 4.74 Å². The first-order chi connectivity index (χ1) is 10.2. The van der Waals surface area contributed by atoms with Gasteiger partial charge < -0.3 is 10.1 Å². The van der Waals surface area contributed by atoms with Crippen LogP contribution in [0.5, 0.6) is 5.75 Å². The van der Waals surface area contributed by atoms with Crippen LogP contribution in [0.2, 0.25) is 0 Å². The first-order valence-corrected chi connectivity index (χ1v) is 7.67. The predicted molar refractivity (Wildman–Crippen MR) is 86.8 cm³/mol. The summed E-state index contributed by atoms with van der Waals surface area (Å²) in [6.45, 7) is 4.93. The van der Waals surface area contributed by atoms with Gasteiger partial charge in [-0.15, -0.1) is 0 Å². The molecule has 0 amide bonds. The highest BCUT2D eigenvalue weighted by Gasteiger charge is 2.23. The third-order valence-corrected chi connectivity index (χ3v) is 4.54. The second kappa shape index (κ2) is 5.90. The maximum absolute atomic E-state index is 6.09. The Morgan fingerprint density at radius 3 is 2.76 bits per heavy atom. The molecule has 2 aromatic carbocycles. The Bertz CT molecular complexity index is 648. The van der Waals surface area contributed by atoms with Gasteiger partial charge in [0.1, 0.15) is 12.4 Å². The van der Waals surface area contributed by atoms with Crippen LogP contribution in [0.15, 0.2) is 36.4 Å². The fourth-order valence-corrected chi connectivity index (χ4v) is 3.11. The van der Waals surface area contributed by atoms with Crippen molar-refractivity contribution >= 4 is 0 Å². The van der Waals surface area contributed by atoms with Crippen molar-refractivity contribution in [1.82, 2.24) is 5.32 Å². The molecule has 0 spiro atoms. The molecule has 1 aliphatic carbocycles. The van der Waals surface area contributed by atoms with Crippen LogP contribution in [-0.2, 0) is 13.0 Å². The largest absolute Gasteiger partial charge is 0.489 e. The molecule has 2 aromatic rings. The number of nitrogens with one attached hydrogen (secondary N) is 1. The van der Waals surface area contributed by atoms with Gasteiger partial charge in [-0.2, -0.15) is 0 Å². The van der Waals surface area contributed by atoms with E-state index in [-0.39, 0.29) is 0 Å². The van der Waals surface area contributed by atoms with Crippen molar-refractivity contribution in [3.63, 3.8) is 0 Å². The zero-order chi connectivity index (χ0) is 14.8. The van der Waals surface area contributed by atoms with Crippen LogP contribution in [0.25, 0.3) is 0 Å². The molecule has 1 N–H and O–H groups in total. The summed E-state index contributed by atoms with van der Waals surface area (Å²) in [4.78, 5) is 0. The molecular formula is C19H23NO. The minimum Gasteiger partial charge on any atom is -0.489 e. The van der Waals surface area contributed by atoms with Crippen molar-refractivity contribution < 1.29 is 4.74 Å². The summed E-state index contributed by atoms with van der Waals surface area (Å²) in [5.74, 6) is 1.04. The molecule has 0 saturated carbocycles. The molecule has 2 nitrogen and oxygen atoms in total. The number of aryl methyl sites for hydroxylation is 2. The summed E-state index contributed by atoms with van der Waals surface area (Å²) in [7, 11) is 2.03. The van der Waals surface area contributed by atoms with Crippen molar-refractivity contribution in [2.45, 2.75) is 39.3 Å². The lowest BCUT2D eigenvalue weighted by Gasteiger charge is -2.13. The molecular weight excluding hydrogens is 258 g/mol. The molecule has 2 heteroatoms. The van der Waals surface area contributed by atoms with E-state index in [2.05, 4.69) is 55.6 Å². The summed E-state index contributed by atoms with van der Waals surface area (Å²) < 4.78 is 6.09. The number of ether oxygens (including phenoxy) is 1. The van der Waals surface area contributed by atoms with Gasteiger partial charge in [0.15, 0.2) is 0 Å². The molecule has 110 valence electrons. The van der Waals surface area contributed by atoms with Crippen molar-refractivity contribution in [2.75, 3.05) is 7.05 Å². The second-order valence-corrected chi connectivity index (χ2v) is 5.91. The van der Waals surface area contributed by atoms with Gasteiger partial charge in [0, 0.05) is 6.04 Å². The Kier molecular flexibility index (Phi) is 3.98. The third-order valence-electron chi connectivity index (χ3n) is 4.54. The molecule has 3 rings (SSSR count). The Morgan fingerprint density at radius 1 is 1.14 bits per heavy atom. The molecule has 0 bridgehead atoms. The summed E-state index contributed by atoms with van der Waals surface area (Å²) in [6.07, 6.45) is 2.26. The monoisotopic (exact) mass is 281 g/mol.